The Morgan fingerprint density at radius 2 is 1.00 bits per heavy atom. The van der Waals surface area contributed by atoms with E-state index in [4.69, 9.17) is 18.9 Å². The number of carbonyl (C=O) groups excluding carboxylic acids is 2. The zero-order chi connectivity index (χ0) is 22.5. The van der Waals surface area contributed by atoms with Gasteiger partial charge >= 0.3 is 12.3 Å². The smallest absolute Gasteiger partial charge is 0.434 e. The molecule has 32 heavy (non-hydrogen) atoms. The quantitative estimate of drug-likeness (QED) is 0.258. The van der Waals surface area contributed by atoms with Gasteiger partial charge in [-0.3, -0.25) is 0 Å². The van der Waals surface area contributed by atoms with Crippen LogP contribution >= 0.6 is 0 Å². The molecule has 0 aliphatic rings. The van der Waals surface area contributed by atoms with Gasteiger partial charge < -0.3 is 18.9 Å². The Bertz CT molecular complexity index is 1190. The highest BCUT2D eigenvalue weighted by molar-refractivity contribution is 6.10. The van der Waals surface area contributed by atoms with Crippen LogP contribution in [0.15, 0.2) is 72.8 Å². The Morgan fingerprint density at radius 1 is 0.594 bits per heavy atom. The molecule has 0 aliphatic carbocycles. The van der Waals surface area contributed by atoms with Crippen LogP contribution in [0.2, 0.25) is 0 Å². The second-order valence-electron chi connectivity index (χ2n) is 6.89. The number of benzene rings is 4. The molecule has 0 unspecified atom stereocenters. The average molecular weight is 430 g/mol. The van der Waals surface area contributed by atoms with Gasteiger partial charge in [-0.1, -0.05) is 60.7 Å². The molecule has 4 aromatic rings. The summed E-state index contributed by atoms with van der Waals surface area (Å²) >= 11 is 0. The van der Waals surface area contributed by atoms with Gasteiger partial charge in [0.15, 0.2) is 0 Å². The third-order valence-corrected chi connectivity index (χ3v) is 4.94. The first kappa shape index (κ1) is 21.2. The first-order chi connectivity index (χ1) is 15.6. The molecule has 6 heteroatoms. The van der Waals surface area contributed by atoms with E-state index in [0.29, 0.717) is 22.6 Å². The lowest BCUT2D eigenvalue weighted by atomic mass is 9.92. The third kappa shape index (κ3) is 4.21. The van der Waals surface area contributed by atoms with Crippen molar-refractivity contribution in [1.29, 1.82) is 0 Å². The maximum atomic E-state index is 12.2. The second kappa shape index (κ2) is 9.39. The van der Waals surface area contributed by atoms with Crippen LogP contribution in [0, 0.1) is 0 Å². The van der Waals surface area contributed by atoms with Gasteiger partial charge in [-0.15, -0.1) is 0 Å². The van der Waals surface area contributed by atoms with Crippen LogP contribution in [0.5, 0.6) is 11.5 Å². The molecule has 0 aliphatic heterocycles. The average Bonchev–Trinajstić information content (AvgIpc) is 2.79. The van der Waals surface area contributed by atoms with E-state index in [1.807, 2.05) is 60.7 Å². The van der Waals surface area contributed by atoms with E-state index in [-0.39, 0.29) is 13.2 Å². The summed E-state index contributed by atoms with van der Waals surface area (Å²) in [7, 11) is 0. The van der Waals surface area contributed by atoms with Crippen LogP contribution in [-0.2, 0) is 9.47 Å². The first-order valence-electron chi connectivity index (χ1n) is 10.4. The number of hydrogen-bond donors (Lipinski definition) is 0. The van der Waals surface area contributed by atoms with E-state index in [1.54, 1.807) is 26.0 Å². The van der Waals surface area contributed by atoms with Gasteiger partial charge in [-0.2, -0.15) is 0 Å². The molecular formula is C26H22O6. The van der Waals surface area contributed by atoms with Crippen molar-refractivity contribution >= 4 is 33.9 Å². The molecule has 4 aromatic carbocycles. The molecular weight excluding hydrogens is 408 g/mol. The van der Waals surface area contributed by atoms with Crippen molar-refractivity contribution in [2.24, 2.45) is 0 Å². The van der Waals surface area contributed by atoms with E-state index in [9.17, 15) is 9.59 Å². The highest BCUT2D eigenvalue weighted by Crippen LogP contribution is 2.45. The van der Waals surface area contributed by atoms with Gasteiger partial charge in [0.2, 0.25) is 0 Å². The topological polar surface area (TPSA) is 71.1 Å². The molecule has 0 amide bonds. The van der Waals surface area contributed by atoms with Crippen LogP contribution in [0.25, 0.3) is 32.7 Å². The van der Waals surface area contributed by atoms with Crippen LogP contribution < -0.4 is 9.47 Å². The third-order valence-electron chi connectivity index (χ3n) is 4.94. The van der Waals surface area contributed by atoms with Crippen LogP contribution in [0.4, 0.5) is 9.59 Å². The molecule has 0 N–H and O–H groups in total. The minimum atomic E-state index is -0.808. The van der Waals surface area contributed by atoms with Crippen molar-refractivity contribution in [3.05, 3.63) is 72.8 Å². The zero-order valence-corrected chi connectivity index (χ0v) is 17.8. The summed E-state index contributed by atoms with van der Waals surface area (Å²) in [4.78, 5) is 24.4. The van der Waals surface area contributed by atoms with Crippen molar-refractivity contribution < 1.29 is 28.5 Å². The van der Waals surface area contributed by atoms with Gasteiger partial charge in [0.1, 0.15) is 11.5 Å². The zero-order valence-electron chi connectivity index (χ0n) is 17.8. The summed E-state index contributed by atoms with van der Waals surface area (Å²) in [6.45, 7) is 3.79. The lowest BCUT2D eigenvalue weighted by Gasteiger charge is -2.18. The lowest BCUT2D eigenvalue weighted by molar-refractivity contribution is 0.103. The molecule has 6 nitrogen and oxygen atoms in total. The molecule has 0 saturated heterocycles. The minimum absolute atomic E-state index is 0.188. The second-order valence-corrected chi connectivity index (χ2v) is 6.89. The van der Waals surface area contributed by atoms with Crippen molar-refractivity contribution in [1.82, 2.24) is 0 Å². The number of carbonyl (C=O) groups is 2. The molecule has 0 heterocycles. The number of hydrogen-bond acceptors (Lipinski definition) is 6. The summed E-state index contributed by atoms with van der Waals surface area (Å²) in [5.41, 5.74) is 1.24. The molecule has 0 saturated carbocycles. The molecule has 0 radical (unpaired) electrons. The van der Waals surface area contributed by atoms with Crippen molar-refractivity contribution in [2.45, 2.75) is 13.8 Å². The van der Waals surface area contributed by atoms with Crippen molar-refractivity contribution in [3.63, 3.8) is 0 Å². The first-order valence-corrected chi connectivity index (χ1v) is 10.4. The molecule has 0 aromatic heterocycles. The molecule has 0 spiro atoms. The highest BCUT2D eigenvalue weighted by Gasteiger charge is 2.22. The Hall–Kier alpha value is -4.06. The predicted octanol–water partition coefficient (Wildman–Crippen LogP) is 6.73. The van der Waals surface area contributed by atoms with Crippen molar-refractivity contribution in [3.8, 4) is 22.6 Å². The van der Waals surface area contributed by atoms with E-state index < -0.39 is 12.3 Å². The summed E-state index contributed by atoms with van der Waals surface area (Å²) in [6, 6.07) is 22.6. The van der Waals surface area contributed by atoms with Crippen molar-refractivity contribution in [2.75, 3.05) is 13.2 Å². The fourth-order valence-corrected chi connectivity index (χ4v) is 3.66. The minimum Gasteiger partial charge on any atom is -0.434 e. The maximum absolute atomic E-state index is 12.2. The summed E-state index contributed by atoms with van der Waals surface area (Å²) in [6.07, 6.45) is -1.62. The monoisotopic (exact) mass is 430 g/mol. The molecule has 0 bridgehead atoms. The van der Waals surface area contributed by atoms with Gasteiger partial charge in [-0.05, 0) is 47.5 Å². The maximum Gasteiger partial charge on any atom is 0.513 e. The number of rotatable bonds is 5. The van der Waals surface area contributed by atoms with E-state index in [1.165, 1.54) is 0 Å². The van der Waals surface area contributed by atoms with E-state index in [0.717, 1.165) is 21.5 Å². The Morgan fingerprint density at radius 3 is 1.41 bits per heavy atom. The van der Waals surface area contributed by atoms with Crippen LogP contribution in [0.3, 0.4) is 0 Å². The predicted molar refractivity (Wildman–Crippen MR) is 122 cm³/mol. The normalized spacial score (nSPS) is 10.7. The fourth-order valence-electron chi connectivity index (χ4n) is 3.66. The van der Waals surface area contributed by atoms with E-state index in [2.05, 4.69) is 0 Å². The van der Waals surface area contributed by atoms with Gasteiger partial charge in [0.25, 0.3) is 0 Å². The Labute approximate surface area is 185 Å². The number of fused-ring (bicyclic) bond motifs is 2. The van der Waals surface area contributed by atoms with Crippen LogP contribution in [0.1, 0.15) is 13.8 Å². The molecule has 0 atom stereocenters. The molecule has 0 fully saturated rings. The molecule has 162 valence electrons. The van der Waals surface area contributed by atoms with E-state index >= 15 is 0 Å². The van der Waals surface area contributed by atoms with Crippen LogP contribution in [-0.4, -0.2) is 25.5 Å². The van der Waals surface area contributed by atoms with Gasteiger partial charge in [-0.25, -0.2) is 9.59 Å². The summed E-state index contributed by atoms with van der Waals surface area (Å²) in [5, 5.41) is 3.54. The SMILES string of the molecule is CCOC(=O)Oc1ccc2ccccc2c1-c1c(OC(=O)OCC)ccc2ccccc12. The van der Waals surface area contributed by atoms with Gasteiger partial charge in [0.05, 0.1) is 13.2 Å². The highest BCUT2D eigenvalue weighted by atomic mass is 16.7. The standard InChI is InChI=1S/C26H22O6/c1-3-29-25(27)31-21-15-13-17-9-5-7-11-19(17)23(21)24-20-12-8-6-10-18(20)14-16-22(24)32-26(28)30-4-2/h5-16H,3-4H2,1-2H3. The molecule has 4 rings (SSSR count). The van der Waals surface area contributed by atoms with Gasteiger partial charge in [0, 0.05) is 11.1 Å². The summed E-state index contributed by atoms with van der Waals surface area (Å²) < 4.78 is 21.1. The fraction of sp³-hybridized carbons (Fsp3) is 0.154. The lowest BCUT2D eigenvalue weighted by Crippen LogP contribution is -2.12. The Balaban J connectivity index is 2.03. The summed E-state index contributed by atoms with van der Waals surface area (Å²) in [5.74, 6) is 0.597. The Kier molecular flexibility index (Phi) is 6.22. The number of ether oxygens (including phenoxy) is 4. The largest absolute Gasteiger partial charge is 0.513 e.